The quantitative estimate of drug-likeness (QED) is 0.790. The van der Waals surface area contributed by atoms with Gasteiger partial charge in [-0.3, -0.25) is 9.63 Å². The van der Waals surface area contributed by atoms with Crippen LogP contribution in [0.15, 0.2) is 24.3 Å². The van der Waals surface area contributed by atoms with E-state index in [1.807, 2.05) is 0 Å². The smallest absolute Gasteiger partial charge is 0.250 e. The second-order valence-electron chi connectivity index (χ2n) is 3.49. The van der Waals surface area contributed by atoms with Gasteiger partial charge in [0.2, 0.25) is 0 Å². The van der Waals surface area contributed by atoms with E-state index in [0.29, 0.717) is 18.7 Å². The molecule has 0 bridgehead atoms. The Bertz CT molecular complexity index is 359. The molecule has 1 aliphatic rings. The lowest BCUT2D eigenvalue weighted by atomic mass is 10.1. The first-order valence-electron chi connectivity index (χ1n) is 4.97. The van der Waals surface area contributed by atoms with Gasteiger partial charge in [0.05, 0.1) is 19.6 Å². The van der Waals surface area contributed by atoms with Gasteiger partial charge in [0.25, 0.3) is 5.91 Å². The van der Waals surface area contributed by atoms with Crippen LogP contribution in [0.3, 0.4) is 0 Å². The van der Waals surface area contributed by atoms with Crippen LogP contribution >= 0.6 is 0 Å². The summed E-state index contributed by atoms with van der Waals surface area (Å²) in [5.74, 6) is 0.0547. The number of hydrogen-bond acceptors (Lipinski definition) is 3. The minimum Gasteiger partial charge on any atom is -0.508 e. The van der Waals surface area contributed by atoms with Crippen molar-refractivity contribution >= 4 is 5.91 Å². The number of benzene rings is 1. The Morgan fingerprint density at radius 3 is 2.93 bits per heavy atom. The van der Waals surface area contributed by atoms with Gasteiger partial charge in [-0.25, -0.2) is 5.06 Å². The van der Waals surface area contributed by atoms with Gasteiger partial charge in [0, 0.05) is 5.56 Å². The van der Waals surface area contributed by atoms with Crippen LogP contribution in [0.1, 0.15) is 12.0 Å². The number of phenolic OH excluding ortho intramolecular Hbond substituents is 1. The van der Waals surface area contributed by atoms with Crippen molar-refractivity contribution in [1.82, 2.24) is 5.06 Å². The molecular weight excluding hydrogens is 194 g/mol. The molecule has 1 N–H and O–H groups in total. The van der Waals surface area contributed by atoms with Crippen molar-refractivity contribution < 1.29 is 14.7 Å². The molecule has 1 saturated heterocycles. The topological polar surface area (TPSA) is 49.8 Å². The van der Waals surface area contributed by atoms with E-state index in [-0.39, 0.29) is 18.1 Å². The number of para-hydroxylation sites is 1. The summed E-state index contributed by atoms with van der Waals surface area (Å²) in [5, 5.41) is 10.9. The number of rotatable bonds is 2. The fraction of sp³-hybridized carbons (Fsp3) is 0.364. The molecule has 0 spiro atoms. The van der Waals surface area contributed by atoms with Crippen molar-refractivity contribution in [2.45, 2.75) is 12.8 Å². The molecule has 1 amide bonds. The highest BCUT2D eigenvalue weighted by Gasteiger charge is 2.20. The number of hydroxylamine groups is 2. The molecule has 1 aliphatic heterocycles. The average Bonchev–Trinajstić information content (AvgIpc) is 2.74. The van der Waals surface area contributed by atoms with Crippen LogP contribution in [-0.2, 0) is 16.1 Å². The molecule has 80 valence electrons. The van der Waals surface area contributed by atoms with E-state index in [4.69, 9.17) is 4.84 Å². The number of aromatic hydroxyl groups is 1. The SMILES string of the molecule is O=C(Cc1ccccc1O)N1CCCO1. The molecule has 0 atom stereocenters. The standard InChI is InChI=1S/C11H13NO3/c13-10-5-2-1-4-9(10)8-11(14)12-6-3-7-15-12/h1-2,4-5,13H,3,6-8H2. The number of phenols is 1. The van der Waals surface area contributed by atoms with Gasteiger partial charge >= 0.3 is 0 Å². The van der Waals surface area contributed by atoms with E-state index in [1.54, 1.807) is 24.3 Å². The molecule has 1 aromatic rings. The van der Waals surface area contributed by atoms with Crippen LogP contribution in [0.25, 0.3) is 0 Å². The summed E-state index contributed by atoms with van der Waals surface area (Å²) in [6.45, 7) is 1.25. The van der Waals surface area contributed by atoms with Gasteiger partial charge in [-0.1, -0.05) is 18.2 Å². The highest BCUT2D eigenvalue weighted by Crippen LogP contribution is 2.17. The van der Waals surface area contributed by atoms with E-state index >= 15 is 0 Å². The third-order valence-corrected chi connectivity index (χ3v) is 2.36. The van der Waals surface area contributed by atoms with E-state index in [9.17, 15) is 9.90 Å². The summed E-state index contributed by atoms with van der Waals surface area (Å²) in [6, 6.07) is 6.85. The van der Waals surface area contributed by atoms with Crippen molar-refractivity contribution in [3.8, 4) is 5.75 Å². The van der Waals surface area contributed by atoms with Gasteiger partial charge in [0.15, 0.2) is 0 Å². The zero-order chi connectivity index (χ0) is 10.7. The van der Waals surface area contributed by atoms with E-state index in [1.165, 1.54) is 5.06 Å². The van der Waals surface area contributed by atoms with Crippen LogP contribution < -0.4 is 0 Å². The number of carbonyl (C=O) groups is 1. The van der Waals surface area contributed by atoms with Crippen LogP contribution in [-0.4, -0.2) is 29.2 Å². The third kappa shape index (κ3) is 2.27. The number of nitrogens with zero attached hydrogens (tertiary/aromatic N) is 1. The second kappa shape index (κ2) is 4.31. The Kier molecular flexibility index (Phi) is 2.87. The highest BCUT2D eigenvalue weighted by atomic mass is 16.7. The summed E-state index contributed by atoms with van der Waals surface area (Å²) >= 11 is 0. The molecule has 2 rings (SSSR count). The molecule has 1 aromatic carbocycles. The van der Waals surface area contributed by atoms with Crippen LogP contribution in [0.4, 0.5) is 0 Å². The van der Waals surface area contributed by atoms with Crippen molar-refractivity contribution in [3.05, 3.63) is 29.8 Å². The Labute approximate surface area is 88.0 Å². The van der Waals surface area contributed by atoms with E-state index < -0.39 is 0 Å². The summed E-state index contributed by atoms with van der Waals surface area (Å²) in [6.07, 6.45) is 1.07. The van der Waals surface area contributed by atoms with Crippen molar-refractivity contribution in [3.63, 3.8) is 0 Å². The van der Waals surface area contributed by atoms with Crippen molar-refractivity contribution in [2.24, 2.45) is 0 Å². The summed E-state index contributed by atoms with van der Waals surface area (Å²) in [7, 11) is 0. The minimum atomic E-state index is -0.103. The molecule has 1 fully saturated rings. The van der Waals surface area contributed by atoms with Crippen LogP contribution in [0, 0.1) is 0 Å². The van der Waals surface area contributed by atoms with Crippen LogP contribution in [0.5, 0.6) is 5.75 Å². The molecule has 4 nitrogen and oxygen atoms in total. The minimum absolute atomic E-state index is 0.103. The Balaban J connectivity index is 2.02. The average molecular weight is 207 g/mol. The van der Waals surface area contributed by atoms with Gasteiger partial charge in [-0.15, -0.1) is 0 Å². The fourth-order valence-electron chi connectivity index (χ4n) is 1.56. The lowest BCUT2D eigenvalue weighted by Gasteiger charge is -2.13. The molecule has 0 aliphatic carbocycles. The number of amides is 1. The van der Waals surface area contributed by atoms with Gasteiger partial charge in [-0.2, -0.15) is 0 Å². The second-order valence-corrected chi connectivity index (χ2v) is 3.49. The monoisotopic (exact) mass is 207 g/mol. The molecule has 0 unspecified atom stereocenters. The van der Waals surface area contributed by atoms with E-state index in [0.717, 1.165) is 6.42 Å². The molecule has 0 saturated carbocycles. The molecule has 0 aromatic heterocycles. The Morgan fingerprint density at radius 2 is 2.27 bits per heavy atom. The lowest BCUT2D eigenvalue weighted by Crippen LogP contribution is -2.27. The maximum Gasteiger partial charge on any atom is 0.250 e. The Hall–Kier alpha value is -1.55. The summed E-state index contributed by atoms with van der Waals surface area (Å²) in [5.41, 5.74) is 0.637. The molecule has 1 heterocycles. The zero-order valence-electron chi connectivity index (χ0n) is 8.35. The maximum absolute atomic E-state index is 11.7. The predicted octanol–water partition coefficient (Wildman–Crippen LogP) is 1.10. The largest absolute Gasteiger partial charge is 0.508 e. The molecular formula is C11H13NO3. The van der Waals surface area contributed by atoms with Crippen LogP contribution in [0.2, 0.25) is 0 Å². The first kappa shape index (κ1) is 9.98. The molecule has 15 heavy (non-hydrogen) atoms. The maximum atomic E-state index is 11.7. The first-order chi connectivity index (χ1) is 7.27. The first-order valence-corrected chi connectivity index (χ1v) is 4.97. The fourth-order valence-corrected chi connectivity index (χ4v) is 1.56. The van der Waals surface area contributed by atoms with Crippen molar-refractivity contribution in [1.29, 1.82) is 0 Å². The predicted molar refractivity (Wildman–Crippen MR) is 54.1 cm³/mol. The molecule has 0 radical (unpaired) electrons. The summed E-state index contributed by atoms with van der Waals surface area (Å²) < 4.78 is 0. The highest BCUT2D eigenvalue weighted by molar-refractivity contribution is 5.78. The third-order valence-electron chi connectivity index (χ3n) is 2.36. The lowest BCUT2D eigenvalue weighted by molar-refractivity contribution is -0.167. The van der Waals surface area contributed by atoms with Gasteiger partial charge < -0.3 is 5.11 Å². The van der Waals surface area contributed by atoms with E-state index in [2.05, 4.69) is 0 Å². The molecule has 4 heteroatoms. The van der Waals surface area contributed by atoms with Crippen molar-refractivity contribution in [2.75, 3.05) is 13.2 Å². The normalized spacial score (nSPS) is 15.6. The zero-order valence-corrected chi connectivity index (χ0v) is 8.35. The summed E-state index contributed by atoms with van der Waals surface area (Å²) in [4.78, 5) is 16.8. The van der Waals surface area contributed by atoms with Gasteiger partial charge in [0.1, 0.15) is 5.75 Å². The van der Waals surface area contributed by atoms with Gasteiger partial charge in [-0.05, 0) is 12.5 Å². The number of hydrogen-bond donors (Lipinski definition) is 1. The Morgan fingerprint density at radius 1 is 1.47 bits per heavy atom. The number of carbonyl (C=O) groups excluding carboxylic acids is 1.